The van der Waals surface area contributed by atoms with Crippen LogP contribution < -0.4 is 4.80 Å². The minimum absolute atomic E-state index is 0.0197. The predicted molar refractivity (Wildman–Crippen MR) is 97.3 cm³/mol. The first-order valence-electron chi connectivity index (χ1n) is 7.68. The minimum atomic E-state index is -0.465. The summed E-state index contributed by atoms with van der Waals surface area (Å²) in [6.45, 7) is 4.11. The molecular formula is C18H14FN3O3S. The lowest BCUT2D eigenvalue weighted by Gasteiger charge is -2.01. The normalized spacial score (nSPS) is 11.7. The quantitative estimate of drug-likeness (QED) is 0.390. The number of halogens is 1. The third-order valence-corrected chi connectivity index (χ3v) is 4.72. The Bertz CT molecular complexity index is 1070. The summed E-state index contributed by atoms with van der Waals surface area (Å²) < 4.78 is 15.4. The largest absolute Gasteiger partial charge is 0.312 e. The number of hydrogen-bond donors (Lipinski definition) is 0. The lowest BCUT2D eigenvalue weighted by Crippen LogP contribution is -2.16. The molecule has 1 amide bonds. The summed E-state index contributed by atoms with van der Waals surface area (Å²) >= 11 is 1.20. The molecule has 132 valence electrons. The Kier molecular flexibility index (Phi) is 5.04. The van der Waals surface area contributed by atoms with E-state index in [1.807, 2.05) is 0 Å². The van der Waals surface area contributed by atoms with Crippen molar-refractivity contribution in [3.63, 3.8) is 0 Å². The van der Waals surface area contributed by atoms with E-state index in [0.29, 0.717) is 21.6 Å². The summed E-state index contributed by atoms with van der Waals surface area (Å²) in [6, 6.07) is 10.2. The van der Waals surface area contributed by atoms with Crippen molar-refractivity contribution >= 4 is 33.1 Å². The Balaban J connectivity index is 2.01. The highest BCUT2D eigenvalue weighted by Gasteiger charge is 2.12. The summed E-state index contributed by atoms with van der Waals surface area (Å²) in [7, 11) is 0. The van der Waals surface area contributed by atoms with Crippen LogP contribution in [-0.2, 0) is 17.8 Å². The summed E-state index contributed by atoms with van der Waals surface area (Å²) in [5.74, 6) is -0.747. The predicted octanol–water partition coefficient (Wildman–Crippen LogP) is 3.61. The van der Waals surface area contributed by atoms with Crippen LogP contribution in [0.2, 0.25) is 0 Å². The van der Waals surface area contributed by atoms with Crippen LogP contribution in [0.25, 0.3) is 10.2 Å². The molecule has 3 rings (SSSR count). The maximum absolute atomic E-state index is 12.9. The van der Waals surface area contributed by atoms with Crippen molar-refractivity contribution in [2.75, 3.05) is 0 Å². The number of rotatable bonds is 5. The average molecular weight is 371 g/mol. The van der Waals surface area contributed by atoms with Crippen molar-refractivity contribution in [2.24, 2.45) is 4.99 Å². The SMILES string of the molecule is C=CCn1c(=NC(=O)Cc2ccc(F)cc2)sc2cc([N+](=O)[O-])ccc21. The number of thiazole rings is 1. The van der Waals surface area contributed by atoms with Gasteiger partial charge in [-0.2, -0.15) is 4.99 Å². The van der Waals surface area contributed by atoms with Crippen LogP contribution in [0, 0.1) is 15.9 Å². The van der Waals surface area contributed by atoms with Gasteiger partial charge in [0.05, 0.1) is 21.6 Å². The number of amides is 1. The molecule has 0 fully saturated rings. The van der Waals surface area contributed by atoms with E-state index in [4.69, 9.17) is 0 Å². The number of hydrogen-bond acceptors (Lipinski definition) is 4. The zero-order chi connectivity index (χ0) is 18.7. The lowest BCUT2D eigenvalue weighted by atomic mass is 10.1. The van der Waals surface area contributed by atoms with Gasteiger partial charge in [0.25, 0.3) is 11.6 Å². The smallest absolute Gasteiger partial charge is 0.270 e. The third kappa shape index (κ3) is 3.75. The number of nitrogens with zero attached hydrogens (tertiary/aromatic N) is 3. The number of fused-ring (bicyclic) bond motifs is 1. The molecule has 0 saturated carbocycles. The molecule has 3 aromatic rings. The molecule has 0 N–H and O–H groups in total. The van der Waals surface area contributed by atoms with Crippen molar-refractivity contribution in [3.8, 4) is 0 Å². The van der Waals surface area contributed by atoms with Gasteiger partial charge in [0.1, 0.15) is 5.82 Å². The van der Waals surface area contributed by atoms with Crippen LogP contribution in [0.15, 0.2) is 60.1 Å². The van der Waals surface area contributed by atoms with Gasteiger partial charge in [-0.3, -0.25) is 14.9 Å². The Morgan fingerprint density at radius 1 is 1.31 bits per heavy atom. The molecule has 1 aromatic heterocycles. The van der Waals surface area contributed by atoms with E-state index >= 15 is 0 Å². The molecule has 0 saturated heterocycles. The second-order valence-corrected chi connectivity index (χ2v) is 6.51. The molecule has 0 radical (unpaired) electrons. The number of nitro benzene ring substituents is 1. The molecule has 0 unspecified atom stereocenters. The van der Waals surface area contributed by atoms with Crippen LogP contribution in [0.1, 0.15) is 5.56 Å². The van der Waals surface area contributed by atoms with Gasteiger partial charge in [0, 0.05) is 18.7 Å². The molecule has 26 heavy (non-hydrogen) atoms. The number of carbonyl (C=O) groups excluding carboxylic acids is 1. The first-order chi connectivity index (χ1) is 12.5. The van der Waals surface area contributed by atoms with E-state index in [2.05, 4.69) is 11.6 Å². The standard InChI is InChI=1S/C18H14FN3O3S/c1-2-9-21-15-8-7-14(22(24)25)11-16(15)26-18(21)20-17(23)10-12-3-5-13(19)6-4-12/h2-8,11H,1,9-10H2. The van der Waals surface area contributed by atoms with Crippen LogP contribution >= 0.6 is 11.3 Å². The third-order valence-electron chi connectivity index (χ3n) is 3.68. The van der Waals surface area contributed by atoms with Crippen molar-refractivity contribution in [3.05, 3.63) is 81.4 Å². The molecular weight excluding hydrogens is 357 g/mol. The maximum atomic E-state index is 12.9. The van der Waals surface area contributed by atoms with Crippen molar-refractivity contribution in [1.82, 2.24) is 4.57 Å². The zero-order valence-corrected chi connectivity index (χ0v) is 14.4. The maximum Gasteiger partial charge on any atom is 0.270 e. The van der Waals surface area contributed by atoms with E-state index in [-0.39, 0.29) is 23.8 Å². The first-order valence-corrected chi connectivity index (χ1v) is 8.50. The molecule has 0 spiro atoms. The average Bonchev–Trinajstić information content (AvgIpc) is 2.93. The molecule has 8 heteroatoms. The summed E-state index contributed by atoms with van der Waals surface area (Å²) in [5, 5.41) is 10.9. The highest BCUT2D eigenvalue weighted by atomic mass is 32.1. The number of nitro groups is 1. The lowest BCUT2D eigenvalue weighted by molar-refractivity contribution is -0.384. The highest BCUT2D eigenvalue weighted by molar-refractivity contribution is 7.16. The van der Waals surface area contributed by atoms with Crippen LogP contribution in [0.4, 0.5) is 10.1 Å². The molecule has 0 aliphatic carbocycles. The molecule has 0 aliphatic heterocycles. The van der Waals surface area contributed by atoms with Crippen molar-refractivity contribution < 1.29 is 14.1 Å². The fourth-order valence-corrected chi connectivity index (χ4v) is 3.58. The van der Waals surface area contributed by atoms with Gasteiger partial charge in [-0.25, -0.2) is 4.39 Å². The number of non-ortho nitro benzene ring substituents is 1. The number of allylic oxidation sites excluding steroid dienone is 1. The van der Waals surface area contributed by atoms with Gasteiger partial charge < -0.3 is 4.57 Å². The van der Waals surface area contributed by atoms with Gasteiger partial charge >= 0.3 is 0 Å². The fraction of sp³-hybridized carbons (Fsp3) is 0.111. The van der Waals surface area contributed by atoms with Crippen LogP contribution in [0.3, 0.4) is 0 Å². The molecule has 0 aliphatic rings. The van der Waals surface area contributed by atoms with Gasteiger partial charge in [-0.1, -0.05) is 29.5 Å². The monoisotopic (exact) mass is 371 g/mol. The Morgan fingerprint density at radius 2 is 2.04 bits per heavy atom. The van der Waals surface area contributed by atoms with Gasteiger partial charge in [-0.05, 0) is 23.8 Å². The van der Waals surface area contributed by atoms with E-state index in [0.717, 1.165) is 5.52 Å². The topological polar surface area (TPSA) is 77.5 Å². The van der Waals surface area contributed by atoms with Crippen LogP contribution in [0.5, 0.6) is 0 Å². The molecule has 1 heterocycles. The summed E-state index contributed by atoms with van der Waals surface area (Å²) in [4.78, 5) is 27.3. The second kappa shape index (κ2) is 7.40. The Hall–Kier alpha value is -3.13. The summed E-state index contributed by atoms with van der Waals surface area (Å²) in [5.41, 5.74) is 1.38. The minimum Gasteiger partial charge on any atom is -0.312 e. The van der Waals surface area contributed by atoms with E-state index in [1.165, 1.54) is 47.7 Å². The number of carbonyl (C=O) groups is 1. The van der Waals surface area contributed by atoms with Gasteiger partial charge in [0.2, 0.25) is 0 Å². The molecule has 2 aromatic carbocycles. The fourth-order valence-electron chi connectivity index (χ4n) is 2.49. The zero-order valence-electron chi connectivity index (χ0n) is 13.6. The Morgan fingerprint density at radius 3 is 2.69 bits per heavy atom. The Labute approximate surface area is 151 Å². The van der Waals surface area contributed by atoms with E-state index in [1.54, 1.807) is 16.7 Å². The van der Waals surface area contributed by atoms with Crippen molar-refractivity contribution in [1.29, 1.82) is 0 Å². The number of benzene rings is 2. The number of aromatic nitrogens is 1. The molecule has 0 atom stereocenters. The van der Waals surface area contributed by atoms with Gasteiger partial charge in [0.15, 0.2) is 4.80 Å². The highest BCUT2D eigenvalue weighted by Crippen LogP contribution is 2.23. The van der Waals surface area contributed by atoms with Gasteiger partial charge in [-0.15, -0.1) is 6.58 Å². The summed E-state index contributed by atoms with van der Waals surface area (Å²) in [6.07, 6.45) is 1.71. The molecule has 6 nitrogen and oxygen atoms in total. The van der Waals surface area contributed by atoms with E-state index in [9.17, 15) is 19.3 Å². The van der Waals surface area contributed by atoms with Crippen LogP contribution in [-0.4, -0.2) is 15.4 Å². The molecule has 0 bridgehead atoms. The second-order valence-electron chi connectivity index (χ2n) is 5.50. The van der Waals surface area contributed by atoms with Crippen molar-refractivity contribution in [2.45, 2.75) is 13.0 Å². The first kappa shape index (κ1) is 17.7. The van der Waals surface area contributed by atoms with E-state index < -0.39 is 4.92 Å².